The van der Waals surface area contributed by atoms with Gasteiger partial charge in [0.05, 0.1) is 8.07 Å². The molecule has 0 aliphatic rings. The van der Waals surface area contributed by atoms with E-state index in [1.807, 2.05) is 0 Å². The summed E-state index contributed by atoms with van der Waals surface area (Å²) in [6, 6.07) is 44.7. The van der Waals surface area contributed by atoms with Crippen molar-refractivity contribution in [2.45, 2.75) is 78.3 Å². The predicted octanol–water partition coefficient (Wildman–Crippen LogP) is 11.9. The van der Waals surface area contributed by atoms with Gasteiger partial charge in [-0.05, 0) is 33.1 Å². The minimum atomic E-state index is -1.98. The molecular formula is C44H52HfSi. The molecule has 0 bridgehead atoms. The van der Waals surface area contributed by atoms with Crippen LogP contribution in [0.3, 0.4) is 0 Å². The van der Waals surface area contributed by atoms with Crippen LogP contribution in [0.25, 0.3) is 43.8 Å². The fourth-order valence-corrected chi connectivity index (χ4v) is 11.2. The first-order valence-electron chi connectivity index (χ1n) is 16.1. The summed E-state index contributed by atoms with van der Waals surface area (Å²) in [5, 5.41) is 8.63. The minimum absolute atomic E-state index is 0. The molecule has 0 nitrogen and oxygen atoms in total. The van der Waals surface area contributed by atoms with Crippen molar-refractivity contribution in [1.82, 2.24) is 0 Å². The molecule has 2 heteroatoms. The maximum Gasteiger partial charge on any atom is 4.00 e. The molecule has 0 N–H and O–H groups in total. The quantitative estimate of drug-likeness (QED) is 0.117. The second-order valence-electron chi connectivity index (χ2n) is 14.5. The van der Waals surface area contributed by atoms with Crippen molar-refractivity contribution in [3.63, 3.8) is 0 Å². The van der Waals surface area contributed by atoms with Crippen LogP contribution in [0.5, 0.6) is 0 Å². The van der Waals surface area contributed by atoms with Crippen LogP contribution >= 0.6 is 0 Å². The van der Waals surface area contributed by atoms with Crippen molar-refractivity contribution >= 4 is 40.0 Å². The number of hydrogen-bond donors (Lipinski definition) is 0. The molecule has 0 aliphatic carbocycles. The third-order valence-corrected chi connectivity index (χ3v) is 15.1. The summed E-state index contributed by atoms with van der Waals surface area (Å²) < 4.78 is 0. The van der Waals surface area contributed by atoms with Gasteiger partial charge < -0.3 is 14.9 Å². The standard InChI is InChI=1S/C42H46Si.2CH3.Hf/c1-9-43(10-2,35-25-31-13-11-15-37(39(31)27-35)29-17-21-33(22-18-29)41(3,4)5)36-26-32-14-12-16-38(40(32)28-36)30-19-23-34(24-20-30)42(6,7)8;;;/h11-28H,9-10H2,1-8H3;2*1H3;/q-2;2*-1;+4. The summed E-state index contributed by atoms with van der Waals surface area (Å²) in [6.45, 7) is 18.5. The first-order valence-corrected chi connectivity index (χ1v) is 18.5. The van der Waals surface area contributed by atoms with E-state index in [2.05, 4.69) is 165 Å². The predicted molar refractivity (Wildman–Crippen MR) is 206 cm³/mol. The van der Waals surface area contributed by atoms with Gasteiger partial charge in [0.1, 0.15) is 0 Å². The average molecular weight is 787 g/mol. The zero-order chi connectivity index (χ0) is 30.6. The van der Waals surface area contributed by atoms with Crippen molar-refractivity contribution in [1.29, 1.82) is 0 Å². The van der Waals surface area contributed by atoms with Crippen LogP contribution in [0.15, 0.2) is 109 Å². The molecule has 0 unspecified atom stereocenters. The summed E-state index contributed by atoms with van der Waals surface area (Å²) >= 11 is 0. The molecule has 236 valence electrons. The van der Waals surface area contributed by atoms with Gasteiger partial charge in [0.2, 0.25) is 0 Å². The van der Waals surface area contributed by atoms with Crippen LogP contribution in [-0.2, 0) is 36.7 Å². The number of fused-ring (bicyclic) bond motifs is 2. The first kappa shape index (κ1) is 37.6. The molecule has 0 atom stereocenters. The van der Waals surface area contributed by atoms with Gasteiger partial charge in [-0.15, -0.1) is 68.3 Å². The van der Waals surface area contributed by atoms with Crippen molar-refractivity contribution in [3.8, 4) is 22.3 Å². The Labute approximate surface area is 299 Å². The monoisotopic (exact) mass is 788 g/mol. The van der Waals surface area contributed by atoms with Gasteiger partial charge in [-0.25, -0.2) is 0 Å². The van der Waals surface area contributed by atoms with Crippen LogP contribution in [0.2, 0.25) is 12.1 Å². The molecule has 6 aromatic rings. The van der Waals surface area contributed by atoms with E-state index in [1.165, 1.54) is 67.0 Å². The summed E-state index contributed by atoms with van der Waals surface area (Å²) in [5.74, 6) is 0. The van der Waals surface area contributed by atoms with Crippen LogP contribution in [0.1, 0.15) is 66.5 Å². The van der Waals surface area contributed by atoms with Gasteiger partial charge in [0, 0.05) is 0 Å². The Bertz CT molecular complexity index is 1740. The third-order valence-electron chi connectivity index (χ3n) is 9.94. The molecule has 0 aliphatic heterocycles. The minimum Gasteiger partial charge on any atom is -0.358 e. The second kappa shape index (κ2) is 14.1. The van der Waals surface area contributed by atoms with Crippen molar-refractivity contribution in [2.75, 3.05) is 0 Å². The van der Waals surface area contributed by atoms with Crippen LogP contribution < -0.4 is 10.4 Å². The van der Waals surface area contributed by atoms with E-state index in [4.69, 9.17) is 0 Å². The molecule has 0 saturated carbocycles. The largest absolute Gasteiger partial charge is 4.00 e. The third kappa shape index (κ3) is 6.76. The van der Waals surface area contributed by atoms with Gasteiger partial charge in [0.25, 0.3) is 0 Å². The molecule has 6 aromatic carbocycles. The van der Waals surface area contributed by atoms with Crippen molar-refractivity contribution in [2.24, 2.45) is 0 Å². The Morgan fingerprint density at radius 2 is 0.870 bits per heavy atom. The van der Waals surface area contributed by atoms with E-state index < -0.39 is 8.07 Å². The smallest absolute Gasteiger partial charge is 0.358 e. The summed E-state index contributed by atoms with van der Waals surface area (Å²) in [4.78, 5) is 0. The molecule has 0 spiro atoms. The summed E-state index contributed by atoms with van der Waals surface area (Å²) in [7, 11) is -1.98. The van der Waals surface area contributed by atoms with Gasteiger partial charge in [-0.3, -0.25) is 0 Å². The molecule has 0 aromatic heterocycles. The van der Waals surface area contributed by atoms with E-state index in [-0.39, 0.29) is 51.5 Å². The first-order chi connectivity index (χ1) is 20.4. The van der Waals surface area contributed by atoms with E-state index >= 15 is 0 Å². The average Bonchev–Trinajstić information content (AvgIpc) is 3.63. The van der Waals surface area contributed by atoms with Gasteiger partial charge in [-0.2, -0.15) is 12.1 Å². The number of rotatable bonds is 6. The zero-order valence-electron chi connectivity index (χ0n) is 29.8. The maximum absolute atomic E-state index is 2.55. The van der Waals surface area contributed by atoms with E-state index in [0.717, 1.165) is 0 Å². The number of hydrogen-bond acceptors (Lipinski definition) is 0. The van der Waals surface area contributed by atoms with Gasteiger partial charge >= 0.3 is 25.8 Å². The maximum atomic E-state index is 2.55. The van der Waals surface area contributed by atoms with E-state index in [1.54, 1.807) is 10.4 Å². The molecule has 0 amide bonds. The SMILES string of the molecule is CC[Si](CC)(c1cc2c(-c3ccc(C(C)(C)C)cc3)cccc2[cH-]1)c1cc2c(-c3ccc(C(C)(C)C)cc3)cccc2[cH-]1.[CH3-].[CH3-].[Hf+4]. The zero-order valence-corrected chi connectivity index (χ0v) is 34.4. The molecule has 0 radical (unpaired) electrons. The van der Waals surface area contributed by atoms with Crippen molar-refractivity contribution < 1.29 is 25.8 Å². The van der Waals surface area contributed by atoms with E-state index in [0.29, 0.717) is 0 Å². The molecular weight excluding hydrogens is 735 g/mol. The van der Waals surface area contributed by atoms with Crippen molar-refractivity contribution in [3.05, 3.63) is 135 Å². The van der Waals surface area contributed by atoms with E-state index in [9.17, 15) is 0 Å². The molecule has 0 saturated heterocycles. The second-order valence-corrected chi connectivity index (χ2v) is 19.3. The van der Waals surface area contributed by atoms with Gasteiger partial charge in [0.15, 0.2) is 0 Å². The Morgan fingerprint density at radius 3 is 1.17 bits per heavy atom. The molecule has 0 heterocycles. The number of benzene rings is 4. The summed E-state index contributed by atoms with van der Waals surface area (Å²) in [5.41, 5.74) is 8.36. The van der Waals surface area contributed by atoms with Crippen LogP contribution in [0, 0.1) is 14.9 Å². The van der Waals surface area contributed by atoms with Crippen LogP contribution in [0.4, 0.5) is 0 Å². The topological polar surface area (TPSA) is 0 Å². The molecule has 6 rings (SSSR count). The van der Waals surface area contributed by atoms with Gasteiger partial charge in [-0.1, -0.05) is 139 Å². The Morgan fingerprint density at radius 1 is 0.522 bits per heavy atom. The van der Waals surface area contributed by atoms with Crippen LogP contribution in [-0.4, -0.2) is 8.07 Å². The Hall–Kier alpha value is -2.81. The fraction of sp³-hybridized carbons (Fsp3) is 0.273. The molecule has 46 heavy (non-hydrogen) atoms. The summed E-state index contributed by atoms with van der Waals surface area (Å²) in [6.07, 6.45) is 0. The Kier molecular flexibility index (Phi) is 11.6. The normalized spacial score (nSPS) is 12.0. The fourth-order valence-electron chi connectivity index (χ4n) is 7.06. The Balaban J connectivity index is 0.00000192. The molecule has 0 fully saturated rings.